The van der Waals surface area contributed by atoms with Crippen LogP contribution in [-0.2, 0) is 10.0 Å². The Hall–Kier alpha value is -0.760. The Balaban J connectivity index is 1.83. The number of ether oxygens (including phenoxy) is 1. The maximum absolute atomic E-state index is 13.5. The predicted molar refractivity (Wildman–Crippen MR) is 112 cm³/mol. The molecule has 0 aromatic heterocycles. The molecule has 7 heteroatoms. The first-order chi connectivity index (χ1) is 13.0. The highest BCUT2D eigenvalue weighted by Gasteiger charge is 2.34. The fourth-order valence-corrected chi connectivity index (χ4v) is 6.83. The van der Waals surface area contributed by atoms with Gasteiger partial charge in [0.25, 0.3) is 0 Å². The lowest BCUT2D eigenvalue weighted by atomic mass is 10.1. The Labute approximate surface area is 168 Å². The summed E-state index contributed by atoms with van der Waals surface area (Å²) in [7, 11) is -3.50. The molecular weight excluding hydrogens is 380 g/mol. The van der Waals surface area contributed by atoms with E-state index in [1.807, 2.05) is 25.6 Å². The molecule has 0 spiro atoms. The van der Waals surface area contributed by atoms with E-state index >= 15 is 0 Å². The lowest BCUT2D eigenvalue weighted by molar-refractivity contribution is 0.183. The van der Waals surface area contributed by atoms with Crippen molar-refractivity contribution in [2.75, 3.05) is 44.3 Å². The van der Waals surface area contributed by atoms with E-state index in [2.05, 4.69) is 4.90 Å². The number of rotatable bonds is 6. The fourth-order valence-electron chi connectivity index (χ4n) is 3.94. The number of thioether (sulfide) groups is 1. The van der Waals surface area contributed by atoms with Gasteiger partial charge in [-0.15, -0.1) is 0 Å². The first-order valence-electron chi connectivity index (χ1n) is 10.1. The van der Waals surface area contributed by atoms with E-state index in [4.69, 9.17) is 4.74 Å². The molecule has 0 radical (unpaired) electrons. The molecule has 2 fully saturated rings. The third-order valence-electron chi connectivity index (χ3n) is 5.36. The number of benzene rings is 1. The fraction of sp³-hybridized carbons (Fsp3) is 0.700. The standard InChI is InChI=1S/C20H32N2O3S2/c1-3-25-20-9-8-19(14-17(20)2)27(23,24)22-12-7-13-26-16-18(22)15-21-10-5-4-6-11-21/h8-9,14,18H,3-7,10-13,15-16H2,1-2H3. The van der Waals surface area contributed by atoms with Crippen molar-refractivity contribution < 1.29 is 13.2 Å². The number of hydrogen-bond donors (Lipinski definition) is 0. The van der Waals surface area contributed by atoms with E-state index in [0.29, 0.717) is 18.0 Å². The van der Waals surface area contributed by atoms with Crippen molar-refractivity contribution in [2.24, 2.45) is 0 Å². The molecule has 27 heavy (non-hydrogen) atoms. The van der Waals surface area contributed by atoms with E-state index in [1.165, 1.54) is 19.3 Å². The molecule has 0 amide bonds. The molecule has 152 valence electrons. The molecule has 1 aromatic carbocycles. The first kappa shape index (κ1) is 21.0. The van der Waals surface area contributed by atoms with Crippen LogP contribution in [0.3, 0.4) is 0 Å². The molecule has 2 heterocycles. The van der Waals surface area contributed by atoms with Crippen molar-refractivity contribution in [2.45, 2.75) is 50.5 Å². The van der Waals surface area contributed by atoms with Crippen LogP contribution in [0.1, 0.15) is 38.2 Å². The van der Waals surface area contributed by atoms with Crippen molar-refractivity contribution in [1.82, 2.24) is 9.21 Å². The Morgan fingerprint density at radius 1 is 1.15 bits per heavy atom. The van der Waals surface area contributed by atoms with Crippen LogP contribution in [0.15, 0.2) is 23.1 Å². The molecule has 0 bridgehead atoms. The largest absolute Gasteiger partial charge is 0.494 e. The summed E-state index contributed by atoms with van der Waals surface area (Å²) in [6.07, 6.45) is 4.66. The summed E-state index contributed by atoms with van der Waals surface area (Å²) in [5, 5.41) is 0. The van der Waals surface area contributed by atoms with Gasteiger partial charge in [0.2, 0.25) is 10.0 Å². The molecule has 1 atom stereocenters. The zero-order valence-corrected chi connectivity index (χ0v) is 18.2. The maximum Gasteiger partial charge on any atom is 0.243 e. The van der Waals surface area contributed by atoms with Gasteiger partial charge in [0.15, 0.2) is 0 Å². The number of sulfonamides is 1. The minimum absolute atomic E-state index is 0.0486. The number of likely N-dealkylation sites (tertiary alicyclic amines) is 1. The van der Waals surface area contributed by atoms with Gasteiger partial charge in [-0.1, -0.05) is 6.42 Å². The van der Waals surface area contributed by atoms with Crippen LogP contribution < -0.4 is 4.74 Å². The van der Waals surface area contributed by atoms with Gasteiger partial charge in [0, 0.05) is 24.9 Å². The molecule has 0 N–H and O–H groups in total. The van der Waals surface area contributed by atoms with Crippen molar-refractivity contribution in [3.05, 3.63) is 23.8 Å². The summed E-state index contributed by atoms with van der Waals surface area (Å²) in [6, 6.07) is 5.30. The monoisotopic (exact) mass is 412 g/mol. The zero-order chi connectivity index (χ0) is 19.3. The number of nitrogens with zero attached hydrogens (tertiary/aromatic N) is 2. The molecule has 3 rings (SSSR count). The van der Waals surface area contributed by atoms with Gasteiger partial charge in [0.1, 0.15) is 5.75 Å². The average molecular weight is 413 g/mol. The van der Waals surface area contributed by atoms with Gasteiger partial charge >= 0.3 is 0 Å². The van der Waals surface area contributed by atoms with Crippen molar-refractivity contribution in [3.63, 3.8) is 0 Å². The van der Waals surface area contributed by atoms with Gasteiger partial charge < -0.3 is 9.64 Å². The van der Waals surface area contributed by atoms with Gasteiger partial charge in [-0.3, -0.25) is 0 Å². The Kier molecular flexibility index (Phi) is 7.48. The lowest BCUT2D eigenvalue weighted by Gasteiger charge is -2.35. The van der Waals surface area contributed by atoms with E-state index in [9.17, 15) is 8.42 Å². The van der Waals surface area contributed by atoms with E-state index < -0.39 is 10.0 Å². The molecule has 2 saturated heterocycles. The molecule has 0 saturated carbocycles. The predicted octanol–water partition coefficient (Wildman–Crippen LogP) is 3.38. The van der Waals surface area contributed by atoms with Crippen LogP contribution >= 0.6 is 11.8 Å². The van der Waals surface area contributed by atoms with E-state index in [-0.39, 0.29) is 6.04 Å². The molecule has 1 aromatic rings. The van der Waals surface area contributed by atoms with Crippen molar-refractivity contribution in [3.8, 4) is 5.75 Å². The van der Waals surface area contributed by atoms with Gasteiger partial charge in [0.05, 0.1) is 11.5 Å². The van der Waals surface area contributed by atoms with Crippen LogP contribution in [-0.4, -0.2) is 68.0 Å². The molecule has 2 aliphatic heterocycles. The summed E-state index contributed by atoms with van der Waals surface area (Å²) >= 11 is 1.89. The second kappa shape index (κ2) is 9.63. The third kappa shape index (κ3) is 5.19. The summed E-state index contributed by atoms with van der Waals surface area (Å²) in [5.41, 5.74) is 0.870. The summed E-state index contributed by atoms with van der Waals surface area (Å²) < 4.78 is 34.3. The lowest BCUT2D eigenvalue weighted by Crippen LogP contribution is -2.49. The normalized spacial score (nSPS) is 23.1. The molecule has 1 unspecified atom stereocenters. The van der Waals surface area contributed by atoms with Crippen LogP contribution in [0.4, 0.5) is 0 Å². The Morgan fingerprint density at radius 3 is 2.63 bits per heavy atom. The van der Waals surface area contributed by atoms with Gasteiger partial charge in [-0.05, 0) is 75.7 Å². The Morgan fingerprint density at radius 2 is 1.93 bits per heavy atom. The van der Waals surface area contributed by atoms with E-state index in [1.54, 1.807) is 22.5 Å². The summed E-state index contributed by atoms with van der Waals surface area (Å²) in [6.45, 7) is 8.07. The number of hydrogen-bond acceptors (Lipinski definition) is 5. The number of aryl methyl sites for hydroxylation is 1. The SMILES string of the molecule is CCOc1ccc(S(=O)(=O)N2CCCSCC2CN2CCCCC2)cc1C. The average Bonchev–Trinajstić information content (AvgIpc) is 2.90. The topological polar surface area (TPSA) is 49.9 Å². The van der Waals surface area contributed by atoms with Crippen molar-refractivity contribution in [1.29, 1.82) is 0 Å². The smallest absolute Gasteiger partial charge is 0.243 e. The first-order valence-corrected chi connectivity index (χ1v) is 12.7. The third-order valence-corrected chi connectivity index (χ3v) is 8.50. The minimum atomic E-state index is -3.50. The molecule has 0 aliphatic carbocycles. The summed E-state index contributed by atoms with van der Waals surface area (Å²) in [4.78, 5) is 2.84. The molecule has 2 aliphatic rings. The van der Waals surface area contributed by atoms with Gasteiger partial charge in [-0.25, -0.2) is 8.42 Å². The quantitative estimate of drug-likeness (QED) is 0.717. The second-order valence-corrected chi connectivity index (χ2v) is 10.5. The van der Waals surface area contributed by atoms with Crippen molar-refractivity contribution >= 4 is 21.8 Å². The van der Waals surface area contributed by atoms with Crippen LogP contribution in [0.5, 0.6) is 5.75 Å². The minimum Gasteiger partial charge on any atom is -0.494 e. The zero-order valence-electron chi connectivity index (χ0n) is 16.5. The Bertz CT molecular complexity index is 718. The highest BCUT2D eigenvalue weighted by atomic mass is 32.2. The second-order valence-electron chi connectivity index (χ2n) is 7.42. The summed E-state index contributed by atoms with van der Waals surface area (Å²) in [5.74, 6) is 2.67. The highest BCUT2D eigenvalue weighted by Crippen LogP contribution is 2.28. The van der Waals surface area contributed by atoms with Crippen LogP contribution in [0.2, 0.25) is 0 Å². The van der Waals surface area contributed by atoms with Crippen LogP contribution in [0, 0.1) is 6.92 Å². The highest BCUT2D eigenvalue weighted by molar-refractivity contribution is 7.99. The molecule has 5 nitrogen and oxygen atoms in total. The number of piperidine rings is 1. The van der Waals surface area contributed by atoms with Crippen LogP contribution in [0.25, 0.3) is 0 Å². The molecular formula is C20H32N2O3S2. The van der Waals surface area contributed by atoms with E-state index in [0.717, 1.165) is 48.9 Å². The maximum atomic E-state index is 13.5. The van der Waals surface area contributed by atoms with Gasteiger partial charge in [-0.2, -0.15) is 16.1 Å².